The zero-order chi connectivity index (χ0) is 24.1. The Morgan fingerprint density at radius 2 is 1.76 bits per heavy atom. The summed E-state index contributed by atoms with van der Waals surface area (Å²) in [5, 5.41) is 2.95. The molecule has 2 aromatic carbocycles. The number of anilines is 3. The largest absolute Gasteiger partial charge is 0.492 e. The molecule has 0 spiro atoms. The van der Waals surface area contributed by atoms with Crippen molar-refractivity contribution in [2.24, 2.45) is 0 Å². The number of ether oxygens (including phenoxy) is 4. The number of hydrogen-bond acceptors (Lipinski definition) is 8. The topological polar surface area (TPSA) is 89.6 Å². The van der Waals surface area contributed by atoms with Gasteiger partial charge < -0.3 is 34.1 Å². The smallest absolute Gasteiger partial charge is 0.331 e. The first-order chi connectivity index (χ1) is 16.5. The Morgan fingerprint density at radius 3 is 2.50 bits per heavy atom. The highest BCUT2D eigenvalue weighted by Crippen LogP contribution is 2.39. The minimum Gasteiger partial charge on any atom is -0.492 e. The Balaban J connectivity index is 1.57. The Hall–Kier alpha value is -3.46. The van der Waals surface area contributed by atoms with E-state index in [0.29, 0.717) is 55.1 Å². The van der Waals surface area contributed by atoms with Gasteiger partial charge in [-0.1, -0.05) is 6.07 Å². The lowest BCUT2D eigenvalue weighted by Gasteiger charge is -2.31. The van der Waals surface area contributed by atoms with Crippen molar-refractivity contribution in [1.82, 2.24) is 0 Å². The van der Waals surface area contributed by atoms with Gasteiger partial charge in [0, 0.05) is 25.2 Å². The maximum atomic E-state index is 13.0. The van der Waals surface area contributed by atoms with Gasteiger partial charge in [0.2, 0.25) is 5.91 Å². The molecule has 0 saturated carbocycles. The first kappa shape index (κ1) is 23.7. The Bertz CT molecular complexity index is 1050. The quantitative estimate of drug-likeness (QED) is 0.466. The van der Waals surface area contributed by atoms with Gasteiger partial charge in [-0.3, -0.25) is 4.79 Å². The summed E-state index contributed by atoms with van der Waals surface area (Å²) in [5.41, 5.74) is 3.12. The van der Waals surface area contributed by atoms with Crippen molar-refractivity contribution < 1.29 is 28.5 Å². The van der Waals surface area contributed by atoms with E-state index in [0.717, 1.165) is 24.3 Å². The molecule has 0 bridgehead atoms. The molecule has 0 aliphatic carbocycles. The normalized spacial score (nSPS) is 15.4. The molecule has 2 aromatic rings. The molecule has 1 fully saturated rings. The second kappa shape index (κ2) is 10.6. The summed E-state index contributed by atoms with van der Waals surface area (Å²) >= 11 is 0. The second-order valence-electron chi connectivity index (χ2n) is 8.13. The molecular weight excluding hydrogens is 438 g/mol. The highest BCUT2D eigenvalue weighted by Gasteiger charge is 2.27. The van der Waals surface area contributed by atoms with Crippen LogP contribution in [0.3, 0.4) is 0 Å². The third-order valence-corrected chi connectivity index (χ3v) is 5.62. The van der Waals surface area contributed by atoms with Gasteiger partial charge in [0.05, 0.1) is 50.0 Å². The summed E-state index contributed by atoms with van der Waals surface area (Å²) in [6, 6.07) is 9.29. The van der Waals surface area contributed by atoms with Crippen molar-refractivity contribution in [3.63, 3.8) is 0 Å². The fourth-order valence-electron chi connectivity index (χ4n) is 4.11. The minimum absolute atomic E-state index is 0.00195. The van der Waals surface area contributed by atoms with Crippen molar-refractivity contribution in [2.75, 3.05) is 67.7 Å². The predicted octanol–water partition coefficient (Wildman–Crippen LogP) is 2.99. The number of amides is 1. The predicted molar refractivity (Wildman–Crippen MR) is 129 cm³/mol. The molecule has 182 valence electrons. The van der Waals surface area contributed by atoms with Crippen LogP contribution >= 0.6 is 0 Å². The summed E-state index contributed by atoms with van der Waals surface area (Å²) in [7, 11) is 0. The number of carbonyl (C=O) groups excluding carboxylic acids is 2. The molecule has 1 saturated heterocycles. The van der Waals surface area contributed by atoms with Crippen LogP contribution in [0.25, 0.3) is 0 Å². The van der Waals surface area contributed by atoms with Crippen LogP contribution in [0.4, 0.5) is 17.1 Å². The molecule has 1 N–H and O–H groups in total. The Morgan fingerprint density at radius 1 is 1.03 bits per heavy atom. The van der Waals surface area contributed by atoms with E-state index >= 15 is 0 Å². The molecule has 4 rings (SSSR count). The van der Waals surface area contributed by atoms with Gasteiger partial charge in [-0.2, -0.15) is 0 Å². The number of rotatable bonds is 8. The number of fused-ring (bicyclic) bond motifs is 1. The van der Waals surface area contributed by atoms with Gasteiger partial charge in [0.25, 0.3) is 0 Å². The maximum absolute atomic E-state index is 13.0. The standard InChI is InChI=1S/C25H31N3O6/c1-4-32-21-14-20(27-8-10-31-11-9-27)22(33-5-2)13-18(21)26-24(29)15-28-16-25(30)34-23-12-17(3)6-7-19(23)28/h6-7,12-14H,4-5,8-11,15-16H2,1-3H3,(H,26,29). The van der Waals surface area contributed by atoms with Gasteiger partial charge in [-0.15, -0.1) is 0 Å². The highest BCUT2D eigenvalue weighted by molar-refractivity contribution is 5.98. The molecule has 2 aliphatic heterocycles. The lowest BCUT2D eigenvalue weighted by atomic mass is 10.1. The summed E-state index contributed by atoms with van der Waals surface area (Å²) in [6.07, 6.45) is 0. The molecule has 0 radical (unpaired) electrons. The summed E-state index contributed by atoms with van der Waals surface area (Å²) in [4.78, 5) is 29.0. The van der Waals surface area contributed by atoms with Crippen LogP contribution in [0.1, 0.15) is 19.4 Å². The highest BCUT2D eigenvalue weighted by atomic mass is 16.5. The second-order valence-corrected chi connectivity index (χ2v) is 8.13. The first-order valence-corrected chi connectivity index (χ1v) is 11.6. The van der Waals surface area contributed by atoms with Crippen molar-refractivity contribution in [3.8, 4) is 17.2 Å². The van der Waals surface area contributed by atoms with Crippen LogP contribution in [0, 0.1) is 6.92 Å². The molecule has 1 amide bonds. The Kier molecular flexibility index (Phi) is 7.42. The molecule has 0 atom stereocenters. The molecule has 9 nitrogen and oxygen atoms in total. The summed E-state index contributed by atoms with van der Waals surface area (Å²) in [5.74, 6) is 1.03. The zero-order valence-corrected chi connectivity index (χ0v) is 19.9. The zero-order valence-electron chi connectivity index (χ0n) is 19.9. The summed E-state index contributed by atoms with van der Waals surface area (Å²) in [6.45, 7) is 9.47. The van der Waals surface area contributed by atoms with Crippen molar-refractivity contribution >= 4 is 28.9 Å². The fourth-order valence-corrected chi connectivity index (χ4v) is 4.11. The number of aryl methyl sites for hydroxylation is 1. The Labute approximate surface area is 199 Å². The number of carbonyl (C=O) groups is 2. The van der Waals surface area contributed by atoms with Crippen molar-refractivity contribution in [2.45, 2.75) is 20.8 Å². The number of nitrogens with one attached hydrogen (secondary N) is 1. The van der Waals surface area contributed by atoms with E-state index in [2.05, 4.69) is 10.2 Å². The lowest BCUT2D eigenvalue weighted by molar-refractivity contribution is -0.133. The third kappa shape index (κ3) is 5.36. The molecule has 0 unspecified atom stereocenters. The van der Waals surface area contributed by atoms with Gasteiger partial charge >= 0.3 is 5.97 Å². The molecule has 0 aromatic heterocycles. The van der Waals surface area contributed by atoms with Crippen LogP contribution < -0.4 is 29.3 Å². The van der Waals surface area contributed by atoms with E-state index in [9.17, 15) is 9.59 Å². The lowest BCUT2D eigenvalue weighted by Crippen LogP contribution is -2.41. The van der Waals surface area contributed by atoms with Crippen molar-refractivity contribution in [1.29, 1.82) is 0 Å². The number of nitrogens with zero attached hydrogens (tertiary/aromatic N) is 2. The van der Waals surface area contributed by atoms with Gasteiger partial charge in [-0.05, 0) is 38.5 Å². The van der Waals surface area contributed by atoms with Crippen LogP contribution in [0.15, 0.2) is 30.3 Å². The van der Waals surface area contributed by atoms with Crippen LogP contribution in [-0.4, -0.2) is 64.5 Å². The average molecular weight is 470 g/mol. The van der Waals surface area contributed by atoms with E-state index in [1.807, 2.05) is 39.0 Å². The summed E-state index contributed by atoms with van der Waals surface area (Å²) < 4.78 is 22.6. The molecule has 34 heavy (non-hydrogen) atoms. The van der Waals surface area contributed by atoms with Gasteiger partial charge in [0.1, 0.15) is 18.0 Å². The monoisotopic (exact) mass is 469 g/mol. The molecule has 2 aliphatic rings. The van der Waals surface area contributed by atoms with E-state index in [-0.39, 0.29) is 19.0 Å². The van der Waals surface area contributed by atoms with E-state index in [1.54, 1.807) is 17.0 Å². The molecule has 9 heteroatoms. The van der Waals surface area contributed by atoms with Gasteiger partial charge in [0.15, 0.2) is 5.75 Å². The number of hydrogen-bond donors (Lipinski definition) is 1. The number of benzene rings is 2. The van der Waals surface area contributed by atoms with Crippen LogP contribution in [0.2, 0.25) is 0 Å². The van der Waals surface area contributed by atoms with Gasteiger partial charge in [-0.25, -0.2) is 4.79 Å². The molecular formula is C25H31N3O6. The van der Waals surface area contributed by atoms with E-state index in [4.69, 9.17) is 18.9 Å². The fraction of sp³-hybridized carbons (Fsp3) is 0.440. The van der Waals surface area contributed by atoms with Crippen molar-refractivity contribution in [3.05, 3.63) is 35.9 Å². The van der Waals surface area contributed by atoms with E-state index < -0.39 is 5.97 Å². The minimum atomic E-state index is -0.394. The first-order valence-electron chi connectivity index (χ1n) is 11.6. The molecule has 2 heterocycles. The SMILES string of the molecule is CCOc1cc(N2CCOCC2)c(OCC)cc1NC(=O)CN1CC(=O)Oc2cc(C)ccc21. The maximum Gasteiger partial charge on any atom is 0.331 e. The average Bonchev–Trinajstić information content (AvgIpc) is 2.81. The van der Waals surface area contributed by atoms with Crippen LogP contribution in [0.5, 0.6) is 17.2 Å². The number of morpholine rings is 1. The van der Waals surface area contributed by atoms with Crippen LogP contribution in [-0.2, 0) is 14.3 Å². The third-order valence-electron chi connectivity index (χ3n) is 5.62. The van der Waals surface area contributed by atoms with E-state index in [1.165, 1.54) is 0 Å². The number of esters is 1.